The standard InChI is InChI=1S/C14H18F2O/c1-8(2)10-5-6-11(9(3)4)13-12(10)14(15,16)7-17-13/h5-6,8-9H,7H2,1-4H3. The fourth-order valence-electron chi connectivity index (χ4n) is 2.32. The highest BCUT2D eigenvalue weighted by molar-refractivity contribution is 5.53. The van der Waals surface area contributed by atoms with E-state index in [9.17, 15) is 8.78 Å². The molecule has 2 rings (SSSR count). The quantitative estimate of drug-likeness (QED) is 0.743. The van der Waals surface area contributed by atoms with Crippen LogP contribution in [0.25, 0.3) is 0 Å². The molecule has 1 aliphatic rings. The summed E-state index contributed by atoms with van der Waals surface area (Å²) < 4.78 is 33.0. The van der Waals surface area contributed by atoms with E-state index in [1.165, 1.54) is 0 Å². The van der Waals surface area contributed by atoms with E-state index in [1.54, 1.807) is 0 Å². The predicted molar refractivity (Wildman–Crippen MR) is 64.0 cm³/mol. The van der Waals surface area contributed by atoms with Gasteiger partial charge in [-0.15, -0.1) is 0 Å². The lowest BCUT2D eigenvalue weighted by Crippen LogP contribution is -2.16. The first kappa shape index (κ1) is 12.3. The molecule has 0 saturated heterocycles. The van der Waals surface area contributed by atoms with Gasteiger partial charge in [-0.1, -0.05) is 39.8 Å². The Morgan fingerprint density at radius 2 is 1.59 bits per heavy atom. The summed E-state index contributed by atoms with van der Waals surface area (Å²) in [5, 5.41) is 0. The van der Waals surface area contributed by atoms with Gasteiger partial charge in [0.15, 0.2) is 6.61 Å². The molecule has 3 heteroatoms. The van der Waals surface area contributed by atoms with Crippen LogP contribution in [0.15, 0.2) is 12.1 Å². The van der Waals surface area contributed by atoms with Crippen LogP contribution < -0.4 is 4.74 Å². The summed E-state index contributed by atoms with van der Waals surface area (Å²) in [5.41, 5.74) is 1.69. The van der Waals surface area contributed by atoms with Crippen LogP contribution in [0, 0.1) is 0 Å². The predicted octanol–water partition coefficient (Wildman–Crippen LogP) is 4.42. The molecule has 0 saturated carbocycles. The lowest BCUT2D eigenvalue weighted by atomic mass is 9.89. The molecule has 0 aliphatic carbocycles. The maximum absolute atomic E-state index is 13.9. The largest absolute Gasteiger partial charge is 0.486 e. The van der Waals surface area contributed by atoms with Crippen molar-refractivity contribution in [1.82, 2.24) is 0 Å². The minimum Gasteiger partial charge on any atom is -0.486 e. The average molecular weight is 240 g/mol. The number of hydrogen-bond acceptors (Lipinski definition) is 1. The Labute approximate surface area is 101 Å². The highest BCUT2D eigenvalue weighted by Gasteiger charge is 2.45. The van der Waals surface area contributed by atoms with Crippen LogP contribution in [0.5, 0.6) is 5.75 Å². The Balaban J connectivity index is 2.67. The van der Waals surface area contributed by atoms with Crippen LogP contribution in [0.2, 0.25) is 0 Å². The number of benzene rings is 1. The number of rotatable bonds is 2. The molecule has 1 aromatic rings. The summed E-state index contributed by atoms with van der Waals surface area (Å²) >= 11 is 0. The van der Waals surface area contributed by atoms with E-state index < -0.39 is 12.5 Å². The molecule has 0 amide bonds. The van der Waals surface area contributed by atoms with Gasteiger partial charge >= 0.3 is 5.92 Å². The zero-order valence-electron chi connectivity index (χ0n) is 10.7. The summed E-state index contributed by atoms with van der Waals surface area (Å²) in [4.78, 5) is 0. The molecule has 17 heavy (non-hydrogen) atoms. The number of hydrogen-bond donors (Lipinski definition) is 0. The molecule has 0 unspecified atom stereocenters. The van der Waals surface area contributed by atoms with Crippen molar-refractivity contribution in [2.45, 2.75) is 45.5 Å². The number of halogens is 2. The van der Waals surface area contributed by atoms with Crippen molar-refractivity contribution >= 4 is 0 Å². The third-order valence-electron chi connectivity index (χ3n) is 3.23. The van der Waals surface area contributed by atoms with Gasteiger partial charge in [0.2, 0.25) is 0 Å². The fourth-order valence-corrected chi connectivity index (χ4v) is 2.32. The van der Waals surface area contributed by atoms with Gasteiger partial charge in [-0.3, -0.25) is 0 Å². The van der Waals surface area contributed by atoms with Gasteiger partial charge < -0.3 is 4.74 Å². The summed E-state index contributed by atoms with van der Waals surface area (Å²) in [6, 6.07) is 3.74. The van der Waals surface area contributed by atoms with Crippen LogP contribution in [0.1, 0.15) is 56.2 Å². The highest BCUT2D eigenvalue weighted by Crippen LogP contribution is 2.48. The van der Waals surface area contributed by atoms with Gasteiger partial charge in [0.25, 0.3) is 0 Å². The van der Waals surface area contributed by atoms with Gasteiger partial charge in [-0.25, -0.2) is 0 Å². The monoisotopic (exact) mass is 240 g/mol. The molecule has 0 N–H and O–H groups in total. The van der Waals surface area contributed by atoms with Crippen molar-refractivity contribution < 1.29 is 13.5 Å². The van der Waals surface area contributed by atoms with Crippen LogP contribution in [-0.2, 0) is 5.92 Å². The van der Waals surface area contributed by atoms with Gasteiger partial charge in [-0.2, -0.15) is 8.78 Å². The second-order valence-corrected chi connectivity index (χ2v) is 5.25. The molecule has 0 spiro atoms. The third kappa shape index (κ3) is 1.92. The molecule has 0 bridgehead atoms. The molecule has 1 heterocycles. The first-order chi connectivity index (χ1) is 7.84. The number of ether oxygens (including phenoxy) is 1. The Morgan fingerprint density at radius 1 is 1.06 bits per heavy atom. The number of alkyl halides is 2. The Bertz CT molecular complexity index is 436. The van der Waals surface area contributed by atoms with E-state index in [-0.39, 0.29) is 17.4 Å². The molecule has 0 fully saturated rings. The first-order valence-electron chi connectivity index (χ1n) is 6.02. The van der Waals surface area contributed by atoms with Gasteiger partial charge in [0.05, 0.1) is 5.56 Å². The topological polar surface area (TPSA) is 9.23 Å². The molecule has 0 atom stereocenters. The average Bonchev–Trinajstić information content (AvgIpc) is 2.54. The second-order valence-electron chi connectivity index (χ2n) is 5.25. The van der Waals surface area contributed by atoms with Crippen molar-refractivity contribution in [2.75, 3.05) is 6.61 Å². The van der Waals surface area contributed by atoms with Gasteiger partial charge in [0.1, 0.15) is 5.75 Å². The maximum Gasteiger partial charge on any atom is 0.310 e. The second kappa shape index (κ2) is 3.97. The minimum absolute atomic E-state index is 0.0811. The van der Waals surface area contributed by atoms with Crippen molar-refractivity contribution in [1.29, 1.82) is 0 Å². The molecule has 0 aromatic heterocycles. The zero-order valence-corrected chi connectivity index (χ0v) is 10.7. The third-order valence-corrected chi connectivity index (χ3v) is 3.23. The lowest BCUT2D eigenvalue weighted by molar-refractivity contribution is -0.0221. The molecule has 1 aromatic carbocycles. The van der Waals surface area contributed by atoms with Crippen molar-refractivity contribution in [3.63, 3.8) is 0 Å². The van der Waals surface area contributed by atoms with Crippen LogP contribution in [0.3, 0.4) is 0 Å². The van der Waals surface area contributed by atoms with E-state index >= 15 is 0 Å². The molecular weight excluding hydrogens is 222 g/mol. The molecule has 0 radical (unpaired) electrons. The van der Waals surface area contributed by atoms with Crippen molar-refractivity contribution in [3.05, 3.63) is 28.8 Å². The lowest BCUT2D eigenvalue weighted by Gasteiger charge is -2.18. The highest BCUT2D eigenvalue weighted by atomic mass is 19.3. The smallest absolute Gasteiger partial charge is 0.310 e. The SMILES string of the molecule is CC(C)c1ccc(C(C)C)c2c1OCC2(F)F. The Kier molecular flexibility index (Phi) is 2.88. The van der Waals surface area contributed by atoms with Crippen molar-refractivity contribution in [2.24, 2.45) is 0 Å². The van der Waals surface area contributed by atoms with Gasteiger partial charge in [0, 0.05) is 0 Å². The summed E-state index contributed by atoms with van der Waals surface area (Å²) in [6.45, 7) is 7.32. The Hall–Kier alpha value is -1.12. The molecule has 94 valence electrons. The van der Waals surface area contributed by atoms with Crippen LogP contribution >= 0.6 is 0 Å². The van der Waals surface area contributed by atoms with E-state index in [2.05, 4.69) is 0 Å². The van der Waals surface area contributed by atoms with Crippen LogP contribution in [0.4, 0.5) is 8.78 Å². The van der Waals surface area contributed by atoms with E-state index in [1.807, 2.05) is 39.8 Å². The molecular formula is C14H18F2O. The number of fused-ring (bicyclic) bond motifs is 1. The van der Waals surface area contributed by atoms with E-state index in [0.29, 0.717) is 11.3 Å². The summed E-state index contributed by atoms with van der Waals surface area (Å²) in [5.74, 6) is -2.16. The van der Waals surface area contributed by atoms with E-state index in [4.69, 9.17) is 4.74 Å². The summed E-state index contributed by atoms with van der Waals surface area (Å²) in [6.07, 6.45) is 0. The normalized spacial score (nSPS) is 17.4. The molecule has 1 nitrogen and oxygen atoms in total. The zero-order chi connectivity index (χ0) is 12.8. The first-order valence-corrected chi connectivity index (χ1v) is 6.02. The van der Waals surface area contributed by atoms with Crippen LogP contribution in [-0.4, -0.2) is 6.61 Å². The minimum atomic E-state index is -2.85. The summed E-state index contributed by atoms with van der Waals surface area (Å²) in [7, 11) is 0. The maximum atomic E-state index is 13.9. The van der Waals surface area contributed by atoms with E-state index in [0.717, 1.165) is 5.56 Å². The van der Waals surface area contributed by atoms with Gasteiger partial charge in [-0.05, 0) is 23.0 Å². The Morgan fingerprint density at radius 3 is 2.12 bits per heavy atom. The molecule has 1 aliphatic heterocycles. The van der Waals surface area contributed by atoms with Crippen molar-refractivity contribution in [3.8, 4) is 5.75 Å². The fraction of sp³-hybridized carbons (Fsp3) is 0.571.